The number of hydrogen-bond acceptors (Lipinski definition) is 2. The van der Waals surface area contributed by atoms with E-state index in [9.17, 15) is 9.18 Å². The predicted molar refractivity (Wildman–Crippen MR) is 79.4 cm³/mol. The van der Waals surface area contributed by atoms with Crippen LogP contribution in [0.15, 0.2) is 53.4 Å². The summed E-state index contributed by atoms with van der Waals surface area (Å²) >= 11 is 1.57. The Balaban J connectivity index is 1.97. The van der Waals surface area contributed by atoms with Gasteiger partial charge in [0.15, 0.2) is 0 Å². The van der Waals surface area contributed by atoms with Crippen molar-refractivity contribution < 1.29 is 9.18 Å². The number of para-hydroxylation sites is 1. The molecule has 3 rings (SSSR count). The minimum atomic E-state index is -0.275. The molecule has 0 spiro atoms. The monoisotopic (exact) mass is 287 g/mol. The number of nitrogens with zero attached hydrogens (tertiary/aromatic N) is 1. The second-order valence-electron chi connectivity index (χ2n) is 4.78. The molecule has 1 atom stereocenters. The largest absolute Gasteiger partial charge is 0.306 e. The van der Waals surface area contributed by atoms with Crippen LogP contribution in [0.25, 0.3) is 0 Å². The maximum atomic E-state index is 13.3. The molecule has 0 bridgehead atoms. The Morgan fingerprint density at radius 3 is 2.80 bits per heavy atom. The predicted octanol–water partition coefficient (Wildman–Crippen LogP) is 3.85. The van der Waals surface area contributed by atoms with Gasteiger partial charge >= 0.3 is 0 Å². The molecular formula is C16H14FNOS. The fourth-order valence-corrected chi connectivity index (χ4v) is 3.40. The lowest BCUT2D eigenvalue weighted by Gasteiger charge is -2.32. The van der Waals surface area contributed by atoms with Gasteiger partial charge in [0, 0.05) is 4.90 Å². The van der Waals surface area contributed by atoms with E-state index in [-0.39, 0.29) is 17.0 Å². The van der Waals surface area contributed by atoms with Gasteiger partial charge in [-0.15, -0.1) is 11.8 Å². The summed E-state index contributed by atoms with van der Waals surface area (Å²) in [6, 6.07) is 14.2. The molecule has 1 unspecified atom stereocenters. The first-order valence-corrected chi connectivity index (χ1v) is 7.34. The second-order valence-corrected chi connectivity index (χ2v) is 6.16. The first kappa shape index (κ1) is 13.2. The minimum Gasteiger partial charge on any atom is -0.306 e. The molecule has 1 aliphatic rings. The van der Waals surface area contributed by atoms with Gasteiger partial charge in [0.2, 0.25) is 5.91 Å². The third-order valence-electron chi connectivity index (χ3n) is 3.30. The van der Waals surface area contributed by atoms with E-state index >= 15 is 0 Å². The normalized spacial score (nSPS) is 18.0. The van der Waals surface area contributed by atoms with Crippen LogP contribution in [-0.4, -0.2) is 11.2 Å². The van der Waals surface area contributed by atoms with Crippen LogP contribution in [0.3, 0.4) is 0 Å². The Morgan fingerprint density at radius 1 is 1.20 bits per heavy atom. The quantitative estimate of drug-likeness (QED) is 0.836. The third kappa shape index (κ3) is 2.43. The van der Waals surface area contributed by atoms with Crippen LogP contribution in [0.1, 0.15) is 12.5 Å². The Hall–Kier alpha value is -1.81. The van der Waals surface area contributed by atoms with Gasteiger partial charge in [-0.1, -0.05) is 24.3 Å². The van der Waals surface area contributed by atoms with Gasteiger partial charge in [-0.2, -0.15) is 0 Å². The lowest BCUT2D eigenvalue weighted by molar-refractivity contribution is -0.118. The van der Waals surface area contributed by atoms with Gasteiger partial charge in [-0.3, -0.25) is 4.79 Å². The first-order valence-electron chi connectivity index (χ1n) is 6.46. The van der Waals surface area contributed by atoms with Gasteiger partial charge in [-0.25, -0.2) is 4.39 Å². The molecule has 2 aromatic rings. The third-order valence-corrected chi connectivity index (χ3v) is 4.46. The van der Waals surface area contributed by atoms with Gasteiger partial charge in [0.1, 0.15) is 5.82 Å². The summed E-state index contributed by atoms with van der Waals surface area (Å²) in [4.78, 5) is 15.2. The number of thioether (sulfide) groups is 1. The maximum absolute atomic E-state index is 13.3. The summed E-state index contributed by atoms with van der Waals surface area (Å²) in [6.07, 6.45) is 0. The molecule has 1 heterocycles. The molecule has 0 saturated heterocycles. The molecule has 2 nitrogen and oxygen atoms in total. The SMILES string of the molecule is CC1Sc2ccccc2N(Cc2cccc(F)c2)C1=O. The summed E-state index contributed by atoms with van der Waals surface area (Å²) in [5.41, 5.74) is 1.71. The number of amides is 1. The van der Waals surface area contributed by atoms with Gasteiger partial charge in [0.25, 0.3) is 0 Å². The van der Waals surface area contributed by atoms with E-state index in [1.807, 2.05) is 37.3 Å². The summed E-state index contributed by atoms with van der Waals surface area (Å²) in [5.74, 6) is -0.208. The van der Waals surface area contributed by atoms with Crippen LogP contribution in [0, 0.1) is 5.82 Å². The number of benzene rings is 2. The Bertz CT molecular complexity index is 658. The molecule has 1 amide bonds. The highest BCUT2D eigenvalue weighted by molar-refractivity contribution is 8.00. The number of carbonyl (C=O) groups is 1. The summed E-state index contributed by atoms with van der Waals surface area (Å²) in [7, 11) is 0. The summed E-state index contributed by atoms with van der Waals surface area (Å²) in [6.45, 7) is 2.31. The van der Waals surface area contributed by atoms with Crippen molar-refractivity contribution in [3.05, 3.63) is 59.9 Å². The van der Waals surface area contributed by atoms with Crippen molar-refractivity contribution in [2.75, 3.05) is 4.90 Å². The molecule has 20 heavy (non-hydrogen) atoms. The number of carbonyl (C=O) groups excluding carboxylic acids is 1. The standard InChI is InChI=1S/C16H14FNOS/c1-11-16(19)18(10-12-5-4-6-13(17)9-12)14-7-2-3-8-15(14)20-11/h2-9,11H,10H2,1H3. The van der Waals surface area contributed by atoms with Crippen LogP contribution in [0.2, 0.25) is 0 Å². The molecule has 2 aromatic carbocycles. The lowest BCUT2D eigenvalue weighted by Crippen LogP contribution is -2.39. The van der Waals surface area contributed by atoms with Crippen molar-refractivity contribution in [1.82, 2.24) is 0 Å². The Morgan fingerprint density at radius 2 is 2.00 bits per heavy atom. The molecule has 0 fully saturated rings. The number of rotatable bonds is 2. The van der Waals surface area contributed by atoms with E-state index in [0.717, 1.165) is 16.1 Å². The van der Waals surface area contributed by atoms with Crippen molar-refractivity contribution in [1.29, 1.82) is 0 Å². The van der Waals surface area contributed by atoms with E-state index in [2.05, 4.69) is 0 Å². The molecule has 1 aliphatic heterocycles. The average Bonchev–Trinajstić information content (AvgIpc) is 2.44. The molecular weight excluding hydrogens is 273 g/mol. The van der Waals surface area contributed by atoms with Crippen molar-refractivity contribution >= 4 is 23.4 Å². The first-order chi connectivity index (χ1) is 9.65. The maximum Gasteiger partial charge on any atom is 0.240 e. The molecule has 102 valence electrons. The van der Waals surface area contributed by atoms with Crippen LogP contribution in [-0.2, 0) is 11.3 Å². The zero-order chi connectivity index (χ0) is 14.1. The van der Waals surface area contributed by atoms with E-state index < -0.39 is 0 Å². The topological polar surface area (TPSA) is 20.3 Å². The van der Waals surface area contributed by atoms with E-state index in [1.54, 1.807) is 22.7 Å². The summed E-state index contributed by atoms with van der Waals surface area (Å²) < 4.78 is 13.3. The average molecular weight is 287 g/mol. The van der Waals surface area contributed by atoms with Crippen LogP contribution >= 0.6 is 11.8 Å². The smallest absolute Gasteiger partial charge is 0.240 e. The van der Waals surface area contributed by atoms with E-state index in [1.165, 1.54) is 12.1 Å². The van der Waals surface area contributed by atoms with Gasteiger partial charge in [0.05, 0.1) is 17.5 Å². The highest BCUT2D eigenvalue weighted by Crippen LogP contribution is 2.39. The molecule has 0 saturated carbocycles. The number of fused-ring (bicyclic) bond motifs is 1. The zero-order valence-electron chi connectivity index (χ0n) is 11.0. The van der Waals surface area contributed by atoms with Gasteiger partial charge < -0.3 is 4.90 Å². The molecule has 0 N–H and O–H groups in total. The van der Waals surface area contributed by atoms with Gasteiger partial charge in [-0.05, 0) is 36.8 Å². The molecule has 4 heteroatoms. The minimum absolute atomic E-state index is 0.0676. The lowest BCUT2D eigenvalue weighted by atomic mass is 10.1. The Kier molecular flexibility index (Phi) is 3.49. The van der Waals surface area contributed by atoms with Crippen LogP contribution in [0.5, 0.6) is 0 Å². The van der Waals surface area contributed by atoms with Crippen molar-refractivity contribution in [3.8, 4) is 0 Å². The Labute approximate surface area is 121 Å². The molecule has 0 aliphatic carbocycles. The van der Waals surface area contributed by atoms with Crippen molar-refractivity contribution in [3.63, 3.8) is 0 Å². The molecule has 0 radical (unpaired) electrons. The zero-order valence-corrected chi connectivity index (χ0v) is 11.9. The number of halogens is 1. The second kappa shape index (κ2) is 5.29. The van der Waals surface area contributed by atoms with E-state index in [4.69, 9.17) is 0 Å². The highest BCUT2D eigenvalue weighted by atomic mass is 32.2. The number of hydrogen-bond donors (Lipinski definition) is 0. The van der Waals surface area contributed by atoms with Crippen LogP contribution in [0.4, 0.5) is 10.1 Å². The highest BCUT2D eigenvalue weighted by Gasteiger charge is 2.30. The van der Waals surface area contributed by atoms with Crippen molar-refractivity contribution in [2.24, 2.45) is 0 Å². The molecule has 0 aromatic heterocycles. The van der Waals surface area contributed by atoms with E-state index in [0.29, 0.717) is 6.54 Å². The summed E-state index contributed by atoms with van der Waals surface area (Å²) in [5, 5.41) is -0.113. The number of anilines is 1. The van der Waals surface area contributed by atoms with Crippen LogP contribution < -0.4 is 4.90 Å². The fraction of sp³-hybridized carbons (Fsp3) is 0.188. The van der Waals surface area contributed by atoms with Crippen molar-refractivity contribution in [2.45, 2.75) is 23.6 Å². The fourth-order valence-electron chi connectivity index (χ4n) is 2.34.